The fourth-order valence-electron chi connectivity index (χ4n) is 6.97. The van der Waals surface area contributed by atoms with Gasteiger partial charge in [0.2, 0.25) is 0 Å². The molecule has 0 N–H and O–H groups in total. The summed E-state index contributed by atoms with van der Waals surface area (Å²) < 4.78 is 0. The van der Waals surface area contributed by atoms with E-state index in [-0.39, 0.29) is 0 Å². The fourth-order valence-corrected chi connectivity index (χ4v) is 6.97. The lowest BCUT2D eigenvalue weighted by Crippen LogP contribution is -2.54. The highest BCUT2D eigenvalue weighted by molar-refractivity contribution is 5.23. The largest absolute Gasteiger partial charge is 0.0996 e. The maximum absolute atomic E-state index is 4.45. The van der Waals surface area contributed by atoms with Gasteiger partial charge in [-0.3, -0.25) is 0 Å². The maximum Gasteiger partial charge on any atom is -0.0172 e. The lowest BCUT2D eigenvalue weighted by atomic mass is 9.43. The summed E-state index contributed by atoms with van der Waals surface area (Å²) in [6, 6.07) is 0. The summed E-state index contributed by atoms with van der Waals surface area (Å²) in [5.74, 6) is 4.06. The maximum atomic E-state index is 4.45. The average Bonchev–Trinajstić information content (AvgIpc) is 2.63. The van der Waals surface area contributed by atoms with Crippen molar-refractivity contribution in [3.63, 3.8) is 0 Å². The van der Waals surface area contributed by atoms with Crippen molar-refractivity contribution >= 4 is 0 Å². The molecule has 4 aliphatic carbocycles. The number of hydrogen-bond donors (Lipinski definition) is 0. The third kappa shape index (κ3) is 1.52. The van der Waals surface area contributed by atoms with Crippen molar-refractivity contribution in [2.75, 3.05) is 0 Å². The van der Waals surface area contributed by atoms with E-state index in [0.717, 1.165) is 23.7 Å². The van der Waals surface area contributed by atoms with Crippen LogP contribution in [0.3, 0.4) is 0 Å². The lowest BCUT2D eigenvalue weighted by Gasteiger charge is -2.62. The molecule has 4 aliphatic rings. The Balaban J connectivity index is 1.76. The molecule has 0 aromatic heterocycles. The van der Waals surface area contributed by atoms with Crippen molar-refractivity contribution < 1.29 is 0 Å². The molecule has 2 bridgehead atoms. The van der Waals surface area contributed by atoms with Gasteiger partial charge >= 0.3 is 0 Å². The van der Waals surface area contributed by atoms with Crippen LogP contribution in [0.2, 0.25) is 0 Å². The number of hydrogen-bond acceptors (Lipinski definition) is 0. The first-order valence-corrected chi connectivity index (χ1v) is 8.71. The standard InChI is InChI=1S/C19H30/c1-13-10-19-12-14(13)8-9-17(19)16-7-5-4-6-15(16)11-18(19,2)3/h14-17H,1,4-12H2,2-3H3. The molecule has 0 amide bonds. The molecule has 0 aliphatic heterocycles. The first kappa shape index (κ1) is 12.5. The molecule has 5 unspecified atom stereocenters. The SMILES string of the molecule is C=C1CC23CC1CCC2C1CCCCC1CC3(C)C. The molecule has 106 valence electrons. The van der Waals surface area contributed by atoms with Crippen molar-refractivity contribution in [1.82, 2.24) is 0 Å². The van der Waals surface area contributed by atoms with E-state index in [0.29, 0.717) is 10.8 Å². The number of allylic oxidation sites excluding steroid dienone is 1. The molecule has 0 aromatic rings. The lowest BCUT2D eigenvalue weighted by molar-refractivity contribution is -0.127. The second-order valence-corrected chi connectivity index (χ2v) is 8.87. The Labute approximate surface area is 119 Å². The van der Waals surface area contributed by atoms with Gasteiger partial charge in [-0.1, -0.05) is 45.3 Å². The van der Waals surface area contributed by atoms with Crippen molar-refractivity contribution in [2.24, 2.45) is 34.5 Å². The van der Waals surface area contributed by atoms with Crippen LogP contribution in [0.15, 0.2) is 12.2 Å². The van der Waals surface area contributed by atoms with E-state index >= 15 is 0 Å². The van der Waals surface area contributed by atoms with Crippen molar-refractivity contribution in [2.45, 2.75) is 71.6 Å². The second-order valence-electron chi connectivity index (χ2n) is 8.87. The second kappa shape index (κ2) is 3.89. The molecule has 4 fully saturated rings. The molecule has 4 saturated carbocycles. The molecule has 4 rings (SSSR count). The zero-order valence-corrected chi connectivity index (χ0v) is 12.9. The minimum absolute atomic E-state index is 0.564. The predicted molar refractivity (Wildman–Crippen MR) is 80.9 cm³/mol. The molecule has 0 aromatic carbocycles. The third-order valence-corrected chi connectivity index (χ3v) is 7.87. The van der Waals surface area contributed by atoms with E-state index < -0.39 is 0 Å². The van der Waals surface area contributed by atoms with Gasteiger partial charge in [0.25, 0.3) is 0 Å². The van der Waals surface area contributed by atoms with Crippen LogP contribution < -0.4 is 0 Å². The smallest absolute Gasteiger partial charge is 0.0172 e. The van der Waals surface area contributed by atoms with Crippen LogP contribution in [0, 0.1) is 34.5 Å². The summed E-state index contributed by atoms with van der Waals surface area (Å²) in [5, 5.41) is 0. The van der Waals surface area contributed by atoms with Gasteiger partial charge < -0.3 is 0 Å². The van der Waals surface area contributed by atoms with Crippen LogP contribution in [0.1, 0.15) is 71.6 Å². The Kier molecular flexibility index (Phi) is 2.56. The molecule has 0 heteroatoms. The molecule has 0 heterocycles. The van der Waals surface area contributed by atoms with Gasteiger partial charge in [0.05, 0.1) is 0 Å². The monoisotopic (exact) mass is 258 g/mol. The van der Waals surface area contributed by atoms with Crippen molar-refractivity contribution in [3.05, 3.63) is 12.2 Å². The highest BCUT2D eigenvalue weighted by Gasteiger charge is 2.62. The van der Waals surface area contributed by atoms with Crippen LogP contribution in [0.5, 0.6) is 0 Å². The quantitative estimate of drug-likeness (QED) is 0.497. The van der Waals surface area contributed by atoms with E-state index in [1.165, 1.54) is 51.4 Å². The zero-order valence-electron chi connectivity index (χ0n) is 12.9. The van der Waals surface area contributed by atoms with Crippen LogP contribution in [0.25, 0.3) is 0 Å². The summed E-state index contributed by atoms with van der Waals surface area (Å²) in [6.07, 6.45) is 13.5. The highest BCUT2D eigenvalue weighted by Crippen LogP contribution is 2.71. The number of fused-ring (bicyclic) bond motifs is 3. The van der Waals surface area contributed by atoms with Gasteiger partial charge in [-0.15, -0.1) is 0 Å². The summed E-state index contributed by atoms with van der Waals surface area (Å²) >= 11 is 0. The molecule has 19 heavy (non-hydrogen) atoms. The Bertz CT molecular complexity index is 404. The summed E-state index contributed by atoms with van der Waals surface area (Å²) in [7, 11) is 0. The van der Waals surface area contributed by atoms with Gasteiger partial charge in [-0.25, -0.2) is 0 Å². The molecule has 0 saturated heterocycles. The Morgan fingerprint density at radius 3 is 2.63 bits per heavy atom. The van der Waals surface area contributed by atoms with Gasteiger partial charge in [-0.2, -0.15) is 0 Å². The molecule has 1 spiro atoms. The predicted octanol–water partition coefficient (Wildman–Crippen LogP) is 5.59. The van der Waals surface area contributed by atoms with E-state index in [1.807, 2.05) is 0 Å². The Hall–Kier alpha value is -0.260. The third-order valence-electron chi connectivity index (χ3n) is 7.87. The first-order valence-electron chi connectivity index (χ1n) is 8.71. The minimum Gasteiger partial charge on any atom is -0.0996 e. The van der Waals surface area contributed by atoms with Gasteiger partial charge in [0, 0.05) is 0 Å². The average molecular weight is 258 g/mol. The molecule has 5 atom stereocenters. The first-order chi connectivity index (χ1) is 9.03. The Morgan fingerprint density at radius 2 is 1.79 bits per heavy atom. The molecular weight excluding hydrogens is 228 g/mol. The van der Waals surface area contributed by atoms with Crippen molar-refractivity contribution in [1.29, 1.82) is 0 Å². The fraction of sp³-hybridized carbons (Fsp3) is 0.895. The summed E-state index contributed by atoms with van der Waals surface area (Å²) in [5.41, 5.74) is 2.82. The summed E-state index contributed by atoms with van der Waals surface area (Å²) in [4.78, 5) is 0. The van der Waals surface area contributed by atoms with E-state index in [2.05, 4.69) is 20.4 Å². The summed E-state index contributed by atoms with van der Waals surface area (Å²) in [6.45, 7) is 9.66. The van der Waals surface area contributed by atoms with Crippen LogP contribution in [-0.4, -0.2) is 0 Å². The van der Waals surface area contributed by atoms with Gasteiger partial charge in [0.1, 0.15) is 0 Å². The highest BCUT2D eigenvalue weighted by atomic mass is 14.7. The number of rotatable bonds is 0. The normalized spacial score (nSPS) is 51.6. The zero-order chi connectivity index (χ0) is 13.3. The minimum atomic E-state index is 0.564. The van der Waals surface area contributed by atoms with Crippen LogP contribution in [-0.2, 0) is 0 Å². The van der Waals surface area contributed by atoms with Gasteiger partial charge in [0.15, 0.2) is 0 Å². The van der Waals surface area contributed by atoms with Crippen molar-refractivity contribution in [3.8, 4) is 0 Å². The molecule has 0 nitrogen and oxygen atoms in total. The topological polar surface area (TPSA) is 0 Å². The van der Waals surface area contributed by atoms with Gasteiger partial charge in [-0.05, 0) is 73.0 Å². The Morgan fingerprint density at radius 1 is 1.00 bits per heavy atom. The van der Waals surface area contributed by atoms with Crippen LogP contribution >= 0.6 is 0 Å². The molecule has 0 radical (unpaired) electrons. The van der Waals surface area contributed by atoms with E-state index in [1.54, 1.807) is 12.0 Å². The molecular formula is C19H30. The van der Waals surface area contributed by atoms with E-state index in [4.69, 9.17) is 0 Å². The van der Waals surface area contributed by atoms with E-state index in [9.17, 15) is 0 Å². The van der Waals surface area contributed by atoms with Crippen LogP contribution in [0.4, 0.5) is 0 Å².